The van der Waals surface area contributed by atoms with Crippen LogP contribution in [0.1, 0.15) is 118 Å². The Labute approximate surface area is 192 Å². The summed E-state index contributed by atoms with van der Waals surface area (Å²) < 4.78 is 0. The van der Waals surface area contributed by atoms with Gasteiger partial charge in [0.15, 0.2) is 0 Å². The number of fused-ring (bicyclic) bond motifs is 5. The van der Waals surface area contributed by atoms with Gasteiger partial charge >= 0.3 is 0 Å². The van der Waals surface area contributed by atoms with Gasteiger partial charge in [-0.1, -0.05) is 45.8 Å². The minimum Gasteiger partial charge on any atom is -0.396 e. The molecule has 0 aromatic heterocycles. The van der Waals surface area contributed by atoms with Gasteiger partial charge in [0, 0.05) is 6.61 Å². The fourth-order valence-electron chi connectivity index (χ4n) is 9.13. The zero-order valence-electron chi connectivity index (χ0n) is 21.2. The van der Waals surface area contributed by atoms with Gasteiger partial charge in [0.25, 0.3) is 0 Å². The van der Waals surface area contributed by atoms with Crippen LogP contribution in [0.25, 0.3) is 0 Å². The Morgan fingerprint density at radius 1 is 1.03 bits per heavy atom. The molecule has 0 aliphatic heterocycles. The molecule has 2 nitrogen and oxygen atoms in total. The topological polar surface area (TPSA) is 40.5 Å². The molecule has 3 saturated carbocycles. The fraction of sp³-hybridized carbons (Fsp3) is 0.931. The van der Waals surface area contributed by atoms with Gasteiger partial charge in [0.1, 0.15) is 0 Å². The van der Waals surface area contributed by atoms with Crippen LogP contribution in [0.15, 0.2) is 11.6 Å². The van der Waals surface area contributed by atoms with Gasteiger partial charge in [-0.3, -0.25) is 0 Å². The number of aliphatic hydroxyl groups excluding tert-OH is 1. The number of aliphatic hydroxyl groups is 2. The Balaban J connectivity index is 1.48. The molecule has 3 fully saturated rings. The molecule has 0 aromatic carbocycles. The summed E-state index contributed by atoms with van der Waals surface area (Å²) in [4.78, 5) is 0. The molecule has 0 spiro atoms. The summed E-state index contributed by atoms with van der Waals surface area (Å²) in [6.07, 6.45) is 18.7. The Morgan fingerprint density at radius 2 is 1.81 bits per heavy atom. The first-order chi connectivity index (χ1) is 14.6. The fourth-order valence-corrected chi connectivity index (χ4v) is 9.13. The van der Waals surface area contributed by atoms with E-state index < -0.39 is 5.60 Å². The van der Waals surface area contributed by atoms with Crippen LogP contribution in [0.3, 0.4) is 0 Å². The van der Waals surface area contributed by atoms with E-state index in [9.17, 15) is 10.2 Å². The molecule has 0 saturated heterocycles. The number of hydrogen-bond acceptors (Lipinski definition) is 2. The molecule has 4 rings (SSSR count). The van der Waals surface area contributed by atoms with Crippen LogP contribution in [0.5, 0.6) is 0 Å². The summed E-state index contributed by atoms with van der Waals surface area (Å²) in [5, 5.41) is 21.5. The van der Waals surface area contributed by atoms with Crippen molar-refractivity contribution >= 4 is 0 Å². The maximum Gasteiger partial charge on any atom is 0.0653 e. The first-order valence-corrected chi connectivity index (χ1v) is 13.6. The van der Waals surface area contributed by atoms with Gasteiger partial charge in [-0.25, -0.2) is 0 Å². The molecule has 178 valence electrons. The lowest BCUT2D eigenvalue weighted by atomic mass is 9.47. The van der Waals surface area contributed by atoms with Crippen molar-refractivity contribution in [3.05, 3.63) is 11.6 Å². The maximum atomic E-state index is 11.7. The molecule has 0 aromatic rings. The molecule has 0 heterocycles. The third kappa shape index (κ3) is 3.96. The first kappa shape index (κ1) is 23.8. The third-order valence-corrected chi connectivity index (χ3v) is 11.5. The lowest BCUT2D eigenvalue weighted by molar-refractivity contribution is -0.104. The summed E-state index contributed by atoms with van der Waals surface area (Å²) in [6.45, 7) is 11.9. The molecule has 4 aliphatic rings. The monoisotopic (exact) mass is 430 g/mol. The Morgan fingerprint density at radius 3 is 2.52 bits per heavy atom. The van der Waals surface area contributed by atoms with Crippen LogP contribution in [0, 0.1) is 39.9 Å². The molecule has 4 aliphatic carbocycles. The summed E-state index contributed by atoms with van der Waals surface area (Å²) in [5.74, 6) is 2.93. The third-order valence-electron chi connectivity index (χ3n) is 11.5. The van der Waals surface area contributed by atoms with Crippen LogP contribution in [0.4, 0.5) is 0 Å². The van der Waals surface area contributed by atoms with E-state index in [2.05, 4.69) is 40.7 Å². The van der Waals surface area contributed by atoms with E-state index >= 15 is 0 Å². The lowest BCUT2D eigenvalue weighted by Crippen LogP contribution is -2.52. The minimum atomic E-state index is -0.579. The lowest BCUT2D eigenvalue weighted by Gasteiger charge is -2.58. The predicted octanol–water partition coefficient (Wildman–Crippen LogP) is 7.29. The molecular formula is C29H50O2. The smallest absolute Gasteiger partial charge is 0.0653 e. The number of allylic oxidation sites excluding steroid dienone is 2. The highest BCUT2D eigenvalue weighted by Gasteiger charge is 2.60. The van der Waals surface area contributed by atoms with E-state index in [1.165, 1.54) is 57.8 Å². The quantitative estimate of drug-likeness (QED) is 0.416. The van der Waals surface area contributed by atoms with Crippen LogP contribution >= 0.6 is 0 Å². The molecule has 31 heavy (non-hydrogen) atoms. The molecule has 0 radical (unpaired) electrons. The number of rotatable bonds is 7. The van der Waals surface area contributed by atoms with Gasteiger partial charge in [-0.05, 0) is 124 Å². The van der Waals surface area contributed by atoms with Gasteiger partial charge in [0.05, 0.1) is 5.60 Å². The van der Waals surface area contributed by atoms with E-state index in [4.69, 9.17) is 0 Å². The van der Waals surface area contributed by atoms with Gasteiger partial charge in [-0.2, -0.15) is 0 Å². The SMILES string of the molecule is CCC(C)(CO)CCC[C@](C)(O)[C@H]1CC[C@H]2C3CC=C4CCCC[C@]4(C)[C@H]3CC[C@@]21C. The predicted molar refractivity (Wildman–Crippen MR) is 130 cm³/mol. The molecule has 2 heteroatoms. The Hall–Kier alpha value is -0.340. The van der Waals surface area contributed by atoms with Crippen LogP contribution in [-0.4, -0.2) is 22.4 Å². The van der Waals surface area contributed by atoms with Crippen molar-refractivity contribution in [2.45, 2.75) is 124 Å². The van der Waals surface area contributed by atoms with E-state index in [-0.39, 0.29) is 12.0 Å². The molecule has 0 bridgehead atoms. The standard InChI is InChI=1S/C29H50O2/c1-6-26(2,20-30)16-9-18-29(5,31)25-14-13-23-22-12-11-21-10-7-8-17-27(21,3)24(22)15-19-28(23,25)4/h11,22-25,30-31H,6-10,12-20H2,1-5H3/t22?,23-,24-,25-,26?,27-,28-,29-/m0/s1. The molecular weight excluding hydrogens is 380 g/mol. The molecule has 0 amide bonds. The van der Waals surface area contributed by atoms with Crippen LogP contribution in [0.2, 0.25) is 0 Å². The van der Waals surface area contributed by atoms with E-state index in [0.29, 0.717) is 16.7 Å². The van der Waals surface area contributed by atoms with Gasteiger partial charge in [0.2, 0.25) is 0 Å². The normalized spacial score (nSPS) is 43.8. The van der Waals surface area contributed by atoms with Crippen molar-refractivity contribution in [1.82, 2.24) is 0 Å². The zero-order valence-corrected chi connectivity index (χ0v) is 21.2. The van der Waals surface area contributed by atoms with E-state index in [0.717, 1.165) is 43.4 Å². The van der Waals surface area contributed by atoms with Crippen molar-refractivity contribution in [3.8, 4) is 0 Å². The summed E-state index contributed by atoms with van der Waals surface area (Å²) in [7, 11) is 0. The van der Waals surface area contributed by atoms with Crippen molar-refractivity contribution in [2.24, 2.45) is 39.9 Å². The average Bonchev–Trinajstić information content (AvgIpc) is 3.11. The summed E-state index contributed by atoms with van der Waals surface area (Å²) in [5.41, 5.74) is 2.00. The number of hydrogen-bond donors (Lipinski definition) is 2. The minimum absolute atomic E-state index is 0.0117. The molecule has 2 unspecified atom stereocenters. The second kappa shape index (κ2) is 8.46. The van der Waals surface area contributed by atoms with Crippen LogP contribution < -0.4 is 0 Å². The second-order valence-corrected chi connectivity index (χ2v) is 13.2. The average molecular weight is 431 g/mol. The van der Waals surface area contributed by atoms with E-state index in [1.54, 1.807) is 5.57 Å². The second-order valence-electron chi connectivity index (χ2n) is 13.2. The summed E-state index contributed by atoms with van der Waals surface area (Å²) >= 11 is 0. The highest BCUT2D eigenvalue weighted by atomic mass is 16.3. The largest absolute Gasteiger partial charge is 0.396 e. The van der Waals surface area contributed by atoms with E-state index in [1.807, 2.05) is 0 Å². The highest BCUT2D eigenvalue weighted by molar-refractivity contribution is 5.24. The Kier molecular flexibility index (Phi) is 6.50. The Bertz CT molecular complexity index is 674. The van der Waals surface area contributed by atoms with Gasteiger partial charge in [-0.15, -0.1) is 0 Å². The maximum absolute atomic E-state index is 11.7. The van der Waals surface area contributed by atoms with Crippen molar-refractivity contribution in [3.63, 3.8) is 0 Å². The van der Waals surface area contributed by atoms with Crippen molar-refractivity contribution < 1.29 is 10.2 Å². The molecule has 8 atom stereocenters. The highest BCUT2D eigenvalue weighted by Crippen LogP contribution is 2.67. The molecule has 2 N–H and O–H groups in total. The van der Waals surface area contributed by atoms with Crippen molar-refractivity contribution in [2.75, 3.05) is 6.61 Å². The van der Waals surface area contributed by atoms with Gasteiger partial charge < -0.3 is 10.2 Å². The zero-order chi connectivity index (χ0) is 22.5. The van der Waals surface area contributed by atoms with Crippen molar-refractivity contribution in [1.29, 1.82) is 0 Å². The summed E-state index contributed by atoms with van der Waals surface area (Å²) in [6, 6.07) is 0. The first-order valence-electron chi connectivity index (χ1n) is 13.6. The van der Waals surface area contributed by atoms with Crippen LogP contribution in [-0.2, 0) is 0 Å².